The standard InChI is InChI=1S/C25H27BrN6/c1-18-15-31(24-7-4-19(13-27)25-23(24)3-2-9-28-25)17-22-16-30(11-12-32(18)22)10-8-21-6-5-20(26)14-29-21/h2-7,9,14,18,22H,8,10-12,15-17H2,1H3. The van der Waals surface area contributed by atoms with Crippen LogP contribution in [-0.2, 0) is 6.42 Å². The first-order valence-corrected chi connectivity index (χ1v) is 12.0. The minimum atomic E-state index is 0.492. The van der Waals surface area contributed by atoms with Gasteiger partial charge in [-0.15, -0.1) is 0 Å². The van der Waals surface area contributed by atoms with Gasteiger partial charge in [0.1, 0.15) is 6.07 Å². The van der Waals surface area contributed by atoms with Crippen LogP contribution in [0, 0.1) is 11.3 Å². The molecule has 2 atom stereocenters. The molecule has 2 aliphatic rings. The lowest BCUT2D eigenvalue weighted by Gasteiger charge is -2.51. The van der Waals surface area contributed by atoms with Crippen LogP contribution < -0.4 is 4.90 Å². The number of halogens is 1. The van der Waals surface area contributed by atoms with Crippen LogP contribution in [-0.4, -0.2) is 71.1 Å². The molecule has 164 valence electrons. The van der Waals surface area contributed by atoms with Crippen molar-refractivity contribution in [3.63, 3.8) is 0 Å². The first-order valence-electron chi connectivity index (χ1n) is 11.2. The van der Waals surface area contributed by atoms with Crippen molar-refractivity contribution in [2.45, 2.75) is 25.4 Å². The predicted molar refractivity (Wildman–Crippen MR) is 131 cm³/mol. The highest BCUT2D eigenvalue weighted by Gasteiger charge is 2.36. The lowest BCUT2D eigenvalue weighted by atomic mass is 10.0. The van der Waals surface area contributed by atoms with Crippen molar-refractivity contribution in [3.8, 4) is 6.07 Å². The largest absolute Gasteiger partial charge is 0.368 e. The van der Waals surface area contributed by atoms with Crippen LogP contribution in [0.5, 0.6) is 0 Å². The molecular weight excluding hydrogens is 464 g/mol. The van der Waals surface area contributed by atoms with Gasteiger partial charge < -0.3 is 9.80 Å². The quantitative estimate of drug-likeness (QED) is 0.555. The topological polar surface area (TPSA) is 59.3 Å². The summed E-state index contributed by atoms with van der Waals surface area (Å²) in [4.78, 5) is 16.8. The number of pyridine rings is 2. The van der Waals surface area contributed by atoms with Crippen molar-refractivity contribution in [1.82, 2.24) is 19.8 Å². The maximum atomic E-state index is 9.49. The summed E-state index contributed by atoms with van der Waals surface area (Å²) in [6.45, 7) is 8.66. The molecule has 3 aromatic rings. The molecule has 0 spiro atoms. The molecule has 2 saturated heterocycles. The second kappa shape index (κ2) is 9.14. The zero-order valence-corrected chi connectivity index (χ0v) is 19.9. The highest BCUT2D eigenvalue weighted by molar-refractivity contribution is 9.10. The molecule has 1 aromatic carbocycles. The van der Waals surface area contributed by atoms with Crippen LogP contribution in [0.15, 0.2) is 53.3 Å². The van der Waals surface area contributed by atoms with Crippen molar-refractivity contribution < 1.29 is 0 Å². The zero-order valence-electron chi connectivity index (χ0n) is 18.3. The summed E-state index contributed by atoms with van der Waals surface area (Å²) in [5, 5.41) is 10.6. The fraction of sp³-hybridized carbons (Fsp3) is 0.400. The molecule has 0 amide bonds. The molecule has 2 unspecified atom stereocenters. The van der Waals surface area contributed by atoms with Crippen molar-refractivity contribution in [3.05, 3.63) is 64.5 Å². The van der Waals surface area contributed by atoms with Gasteiger partial charge in [0.25, 0.3) is 0 Å². The van der Waals surface area contributed by atoms with Gasteiger partial charge in [0.2, 0.25) is 0 Å². The normalized spacial score (nSPS) is 22.0. The number of benzene rings is 1. The lowest BCUT2D eigenvalue weighted by molar-refractivity contribution is 0.0355. The first-order chi connectivity index (χ1) is 15.6. The number of anilines is 1. The fourth-order valence-electron chi connectivity index (χ4n) is 5.18. The summed E-state index contributed by atoms with van der Waals surface area (Å²) < 4.78 is 1.02. The van der Waals surface area contributed by atoms with E-state index in [2.05, 4.69) is 77.9 Å². The van der Waals surface area contributed by atoms with Crippen molar-refractivity contribution in [1.29, 1.82) is 5.26 Å². The Hall–Kier alpha value is -2.53. The van der Waals surface area contributed by atoms with Crippen LogP contribution in [0.3, 0.4) is 0 Å². The average Bonchev–Trinajstić information content (AvgIpc) is 2.82. The van der Waals surface area contributed by atoms with Crippen LogP contribution in [0.25, 0.3) is 10.9 Å². The van der Waals surface area contributed by atoms with E-state index in [-0.39, 0.29) is 0 Å². The number of fused-ring (bicyclic) bond motifs is 2. The van der Waals surface area contributed by atoms with Gasteiger partial charge in [0.05, 0.1) is 11.1 Å². The fourth-order valence-corrected chi connectivity index (χ4v) is 5.41. The van der Waals surface area contributed by atoms with Crippen molar-refractivity contribution >= 4 is 32.5 Å². The van der Waals surface area contributed by atoms with Crippen LogP contribution in [0.4, 0.5) is 5.69 Å². The van der Waals surface area contributed by atoms with Crippen molar-refractivity contribution in [2.24, 2.45) is 0 Å². The number of nitrogens with zero attached hydrogens (tertiary/aromatic N) is 6. The summed E-state index contributed by atoms with van der Waals surface area (Å²) in [5.41, 5.74) is 3.77. The zero-order chi connectivity index (χ0) is 22.1. The van der Waals surface area contributed by atoms with Gasteiger partial charge in [-0.05, 0) is 59.3 Å². The van der Waals surface area contributed by atoms with E-state index in [1.54, 1.807) is 6.20 Å². The Kier molecular flexibility index (Phi) is 6.09. The smallest absolute Gasteiger partial charge is 0.101 e. The number of aromatic nitrogens is 2. The van der Waals surface area contributed by atoms with E-state index >= 15 is 0 Å². The van der Waals surface area contributed by atoms with E-state index in [0.29, 0.717) is 17.6 Å². The predicted octanol–water partition coefficient (Wildman–Crippen LogP) is 3.70. The molecule has 0 radical (unpaired) electrons. The summed E-state index contributed by atoms with van der Waals surface area (Å²) in [5.74, 6) is 0. The van der Waals surface area contributed by atoms with Crippen molar-refractivity contribution in [2.75, 3.05) is 44.2 Å². The highest BCUT2D eigenvalue weighted by Crippen LogP contribution is 2.31. The third-order valence-corrected chi connectivity index (χ3v) is 7.24. The minimum Gasteiger partial charge on any atom is -0.368 e. The maximum absolute atomic E-state index is 9.49. The molecule has 0 saturated carbocycles. The summed E-state index contributed by atoms with van der Waals surface area (Å²) in [6, 6.07) is 15.5. The summed E-state index contributed by atoms with van der Waals surface area (Å²) in [6.07, 6.45) is 4.63. The van der Waals surface area contributed by atoms with E-state index in [1.165, 1.54) is 5.69 Å². The Morgan fingerprint density at radius 2 is 2.00 bits per heavy atom. The maximum Gasteiger partial charge on any atom is 0.101 e. The van der Waals surface area contributed by atoms with Crippen LogP contribution in [0.2, 0.25) is 0 Å². The Labute approximate surface area is 197 Å². The van der Waals surface area contributed by atoms with Gasteiger partial charge in [0, 0.05) is 91.4 Å². The highest BCUT2D eigenvalue weighted by atomic mass is 79.9. The molecule has 6 nitrogen and oxygen atoms in total. The Morgan fingerprint density at radius 3 is 2.81 bits per heavy atom. The Morgan fingerprint density at radius 1 is 1.09 bits per heavy atom. The summed E-state index contributed by atoms with van der Waals surface area (Å²) in [7, 11) is 0. The monoisotopic (exact) mass is 490 g/mol. The summed E-state index contributed by atoms with van der Waals surface area (Å²) >= 11 is 3.46. The number of hydrogen-bond donors (Lipinski definition) is 0. The van der Waals surface area contributed by atoms with E-state index < -0.39 is 0 Å². The number of piperazine rings is 2. The van der Waals surface area contributed by atoms with Gasteiger partial charge in [-0.1, -0.05) is 0 Å². The molecule has 0 N–H and O–H groups in total. The molecule has 2 aliphatic heterocycles. The average molecular weight is 491 g/mol. The van der Waals surface area contributed by atoms with Gasteiger partial charge in [-0.25, -0.2) is 0 Å². The van der Waals surface area contributed by atoms with E-state index in [1.807, 2.05) is 18.3 Å². The SMILES string of the molecule is CC1CN(c2ccc(C#N)c3ncccc23)CC2CN(CCc3ccc(Br)cn3)CCN12. The molecule has 2 aromatic heterocycles. The second-order valence-corrected chi connectivity index (χ2v) is 9.72. The van der Waals surface area contributed by atoms with E-state index in [0.717, 1.165) is 66.8 Å². The van der Waals surface area contributed by atoms with E-state index in [4.69, 9.17) is 0 Å². The molecule has 7 heteroatoms. The van der Waals surface area contributed by atoms with Gasteiger partial charge in [-0.2, -0.15) is 5.26 Å². The van der Waals surface area contributed by atoms with Crippen LogP contribution >= 0.6 is 15.9 Å². The van der Waals surface area contributed by atoms with Crippen LogP contribution in [0.1, 0.15) is 18.2 Å². The molecule has 32 heavy (non-hydrogen) atoms. The Bertz CT molecular complexity index is 1140. The van der Waals surface area contributed by atoms with Gasteiger partial charge >= 0.3 is 0 Å². The second-order valence-electron chi connectivity index (χ2n) is 8.81. The first kappa shape index (κ1) is 21.3. The molecule has 2 fully saturated rings. The van der Waals surface area contributed by atoms with Gasteiger partial charge in [0.15, 0.2) is 0 Å². The molecule has 0 bridgehead atoms. The molecule has 0 aliphatic carbocycles. The lowest BCUT2D eigenvalue weighted by Crippen LogP contribution is -2.65. The molecule has 5 rings (SSSR count). The van der Waals surface area contributed by atoms with Gasteiger partial charge in [-0.3, -0.25) is 14.9 Å². The number of rotatable bonds is 4. The minimum absolute atomic E-state index is 0.492. The Balaban J connectivity index is 1.32. The molecule has 4 heterocycles. The molecular formula is C25H27BrN6. The number of nitriles is 1. The third kappa shape index (κ3) is 4.23. The van der Waals surface area contributed by atoms with E-state index in [9.17, 15) is 5.26 Å². The third-order valence-electron chi connectivity index (χ3n) is 6.77. The number of hydrogen-bond acceptors (Lipinski definition) is 6.